The third kappa shape index (κ3) is 4.16. The largest absolute Gasteiger partial charge is 0.497 e. The summed E-state index contributed by atoms with van der Waals surface area (Å²) in [5.74, 6) is 0.732. The van der Waals surface area contributed by atoms with Gasteiger partial charge in [0.15, 0.2) is 0 Å². The van der Waals surface area contributed by atoms with Gasteiger partial charge in [-0.05, 0) is 43.4 Å². The summed E-state index contributed by atoms with van der Waals surface area (Å²) < 4.78 is 5.17. The average Bonchev–Trinajstić information content (AvgIpc) is 2.93. The number of amides is 4. The topological polar surface area (TPSA) is 70.2 Å². The number of ether oxygens (including phenoxy) is 1. The van der Waals surface area contributed by atoms with Crippen molar-refractivity contribution in [1.82, 2.24) is 14.7 Å². The van der Waals surface area contributed by atoms with Crippen molar-refractivity contribution in [3.63, 3.8) is 0 Å². The van der Waals surface area contributed by atoms with Gasteiger partial charge in [-0.25, -0.2) is 4.79 Å². The highest BCUT2D eigenvalue weighted by atomic mass is 16.5. The molecule has 0 radical (unpaired) electrons. The first kappa shape index (κ1) is 20.7. The molecule has 0 N–H and O–H groups in total. The van der Waals surface area contributed by atoms with Gasteiger partial charge in [-0.15, -0.1) is 0 Å². The van der Waals surface area contributed by atoms with Gasteiger partial charge in [0.1, 0.15) is 11.8 Å². The second kappa shape index (κ2) is 9.06. The van der Waals surface area contributed by atoms with Crippen LogP contribution in [0.15, 0.2) is 24.3 Å². The van der Waals surface area contributed by atoms with Gasteiger partial charge in [0.2, 0.25) is 5.91 Å². The molecule has 2 saturated heterocycles. The lowest BCUT2D eigenvalue weighted by atomic mass is 9.94. The van der Waals surface area contributed by atoms with Gasteiger partial charge in [-0.2, -0.15) is 0 Å². The number of urea groups is 1. The number of benzene rings is 1. The number of aryl methyl sites for hydroxylation is 1. The molecule has 30 heavy (non-hydrogen) atoms. The Kier molecular flexibility index (Phi) is 6.25. The summed E-state index contributed by atoms with van der Waals surface area (Å²) in [6.45, 7) is 1.45. The van der Waals surface area contributed by atoms with Gasteiger partial charge in [0.05, 0.1) is 13.7 Å². The zero-order valence-electron chi connectivity index (χ0n) is 17.7. The van der Waals surface area contributed by atoms with Crippen molar-refractivity contribution in [1.29, 1.82) is 0 Å². The molecule has 2 heterocycles. The first-order valence-electron chi connectivity index (χ1n) is 11.1. The monoisotopic (exact) mass is 413 g/mol. The Morgan fingerprint density at radius 3 is 2.47 bits per heavy atom. The van der Waals surface area contributed by atoms with Crippen molar-refractivity contribution in [2.75, 3.05) is 26.7 Å². The highest BCUT2D eigenvalue weighted by molar-refractivity contribution is 6.05. The SMILES string of the molecule is COc1ccc(CCC(=O)N2CCCN3C(=O)N(C4CCCCC4)C(=O)C3C2)cc1. The quantitative estimate of drug-likeness (QED) is 0.696. The number of nitrogens with zero attached hydrogens (tertiary/aromatic N) is 3. The second-order valence-electron chi connectivity index (χ2n) is 8.53. The van der Waals surface area contributed by atoms with Crippen molar-refractivity contribution in [2.24, 2.45) is 0 Å². The molecule has 1 aromatic carbocycles. The molecule has 0 bridgehead atoms. The summed E-state index contributed by atoms with van der Waals surface area (Å²) in [4.78, 5) is 44.0. The second-order valence-corrected chi connectivity index (χ2v) is 8.53. The molecule has 3 aliphatic rings. The van der Waals surface area contributed by atoms with Crippen LogP contribution in [0.4, 0.5) is 4.79 Å². The van der Waals surface area contributed by atoms with Gasteiger partial charge in [-0.1, -0.05) is 31.4 Å². The van der Waals surface area contributed by atoms with Crippen LogP contribution in [0.2, 0.25) is 0 Å². The summed E-state index contributed by atoms with van der Waals surface area (Å²) in [6.07, 6.45) is 6.89. The Balaban J connectivity index is 1.38. The number of hydrogen-bond acceptors (Lipinski definition) is 4. The highest BCUT2D eigenvalue weighted by Gasteiger charge is 2.49. The minimum Gasteiger partial charge on any atom is -0.497 e. The molecule has 4 rings (SSSR count). The van der Waals surface area contributed by atoms with E-state index in [0.29, 0.717) is 38.9 Å². The zero-order valence-corrected chi connectivity index (χ0v) is 17.7. The number of methoxy groups -OCH3 is 1. The third-order valence-electron chi connectivity index (χ3n) is 6.65. The van der Waals surface area contributed by atoms with Crippen molar-refractivity contribution in [2.45, 2.75) is 63.5 Å². The maximum atomic E-state index is 13.1. The van der Waals surface area contributed by atoms with Crippen molar-refractivity contribution < 1.29 is 19.1 Å². The maximum Gasteiger partial charge on any atom is 0.327 e. The van der Waals surface area contributed by atoms with E-state index < -0.39 is 6.04 Å². The Hall–Kier alpha value is -2.57. The fourth-order valence-corrected chi connectivity index (χ4v) is 4.92. The molecular formula is C23H31N3O4. The van der Waals surface area contributed by atoms with Crippen LogP contribution >= 0.6 is 0 Å². The molecule has 2 aliphatic heterocycles. The lowest BCUT2D eigenvalue weighted by Gasteiger charge is -2.29. The van der Waals surface area contributed by atoms with Crippen LogP contribution in [-0.4, -0.2) is 71.4 Å². The molecule has 7 heteroatoms. The standard InChI is InChI=1S/C23H31N3O4/c1-30-19-11-8-17(9-12-19)10-13-21(27)24-14-5-15-25-20(16-24)22(28)26(23(25)29)18-6-3-2-4-7-18/h8-9,11-12,18,20H,2-7,10,13-16H2,1H3. The number of rotatable bonds is 5. The number of carbonyl (C=O) groups is 3. The van der Waals surface area contributed by atoms with Gasteiger partial charge in [-0.3, -0.25) is 14.5 Å². The smallest absolute Gasteiger partial charge is 0.327 e. The van der Waals surface area contributed by atoms with Crippen LogP contribution in [0.5, 0.6) is 5.75 Å². The van der Waals surface area contributed by atoms with Gasteiger partial charge in [0, 0.05) is 25.6 Å². The van der Waals surface area contributed by atoms with E-state index in [2.05, 4.69) is 0 Å². The molecule has 7 nitrogen and oxygen atoms in total. The van der Waals surface area contributed by atoms with E-state index in [1.165, 1.54) is 11.3 Å². The van der Waals surface area contributed by atoms with Crippen molar-refractivity contribution in [3.8, 4) is 5.75 Å². The van der Waals surface area contributed by atoms with Crippen molar-refractivity contribution >= 4 is 17.8 Å². The van der Waals surface area contributed by atoms with E-state index >= 15 is 0 Å². The number of fused-ring (bicyclic) bond motifs is 1. The van der Waals surface area contributed by atoms with Gasteiger partial charge >= 0.3 is 6.03 Å². The number of hydrogen-bond donors (Lipinski definition) is 0. The molecule has 4 amide bonds. The number of imide groups is 1. The molecule has 1 aliphatic carbocycles. The van der Waals surface area contributed by atoms with E-state index in [0.717, 1.165) is 37.0 Å². The fourth-order valence-electron chi connectivity index (χ4n) is 4.92. The van der Waals surface area contributed by atoms with Gasteiger partial charge in [0.25, 0.3) is 5.91 Å². The molecule has 1 saturated carbocycles. The lowest BCUT2D eigenvalue weighted by molar-refractivity contribution is -0.134. The average molecular weight is 414 g/mol. The number of carbonyl (C=O) groups excluding carboxylic acids is 3. The minimum absolute atomic E-state index is 0.0323. The van der Waals surface area contributed by atoms with Crippen LogP contribution in [0.3, 0.4) is 0 Å². The molecule has 1 atom stereocenters. The van der Waals surface area contributed by atoms with Crippen LogP contribution in [0.25, 0.3) is 0 Å². The van der Waals surface area contributed by atoms with Gasteiger partial charge < -0.3 is 14.5 Å². The molecular weight excluding hydrogens is 382 g/mol. The van der Waals surface area contributed by atoms with Crippen LogP contribution in [-0.2, 0) is 16.0 Å². The van der Waals surface area contributed by atoms with E-state index in [9.17, 15) is 14.4 Å². The molecule has 162 valence electrons. The summed E-state index contributed by atoms with van der Waals surface area (Å²) in [5, 5.41) is 0. The Morgan fingerprint density at radius 1 is 1.03 bits per heavy atom. The Bertz CT molecular complexity index is 788. The Morgan fingerprint density at radius 2 is 1.77 bits per heavy atom. The zero-order chi connectivity index (χ0) is 21.1. The maximum absolute atomic E-state index is 13.1. The minimum atomic E-state index is -0.521. The summed E-state index contributed by atoms with van der Waals surface area (Å²) >= 11 is 0. The van der Waals surface area contributed by atoms with Crippen molar-refractivity contribution in [3.05, 3.63) is 29.8 Å². The van der Waals surface area contributed by atoms with E-state index in [-0.39, 0.29) is 23.9 Å². The van der Waals surface area contributed by atoms with E-state index in [4.69, 9.17) is 4.74 Å². The normalized spacial score (nSPS) is 22.8. The van der Waals surface area contributed by atoms with Crippen LogP contribution in [0, 0.1) is 0 Å². The molecule has 3 fully saturated rings. The molecule has 1 aromatic rings. The predicted molar refractivity (Wildman–Crippen MR) is 112 cm³/mol. The summed E-state index contributed by atoms with van der Waals surface area (Å²) in [6, 6.07) is 7.09. The van der Waals surface area contributed by atoms with Crippen LogP contribution < -0.4 is 4.74 Å². The third-order valence-corrected chi connectivity index (χ3v) is 6.65. The first-order chi connectivity index (χ1) is 14.6. The first-order valence-corrected chi connectivity index (χ1v) is 11.1. The van der Waals surface area contributed by atoms with Crippen LogP contribution in [0.1, 0.15) is 50.5 Å². The predicted octanol–water partition coefficient (Wildman–Crippen LogP) is 2.83. The highest BCUT2D eigenvalue weighted by Crippen LogP contribution is 2.30. The van der Waals surface area contributed by atoms with E-state index in [1.807, 2.05) is 24.3 Å². The summed E-state index contributed by atoms with van der Waals surface area (Å²) in [5.41, 5.74) is 1.08. The fraction of sp³-hybridized carbons (Fsp3) is 0.609. The lowest BCUT2D eigenvalue weighted by Crippen LogP contribution is -2.45. The molecule has 0 spiro atoms. The van der Waals surface area contributed by atoms with E-state index in [1.54, 1.807) is 16.9 Å². The molecule has 0 aromatic heterocycles. The summed E-state index contributed by atoms with van der Waals surface area (Å²) in [7, 11) is 1.63. The Labute approximate surface area is 177 Å². The molecule has 1 unspecified atom stereocenters.